The molecule has 0 spiro atoms. The average Bonchev–Trinajstić information content (AvgIpc) is 3.34. The lowest BCUT2D eigenvalue weighted by molar-refractivity contribution is -0.117. The van der Waals surface area contributed by atoms with E-state index in [9.17, 15) is 10.1 Å². The first kappa shape index (κ1) is 31.9. The van der Waals surface area contributed by atoms with Crippen LogP contribution in [0.1, 0.15) is 36.2 Å². The topological polar surface area (TPSA) is 223 Å². The number of imidazole rings is 1. The molecule has 5 rings (SSSR count). The van der Waals surface area contributed by atoms with Gasteiger partial charge >= 0.3 is 0 Å². The molecule has 3 aromatic heterocycles. The fourth-order valence-electron chi connectivity index (χ4n) is 3.13. The Balaban J connectivity index is 0.000000191. The average molecular weight is 644 g/mol. The van der Waals surface area contributed by atoms with Crippen molar-refractivity contribution < 1.29 is 4.79 Å². The highest BCUT2D eigenvalue weighted by Crippen LogP contribution is 2.23. The molecule has 13 nitrogen and oxygen atoms in total. The lowest BCUT2D eigenvalue weighted by Gasteiger charge is -2.04. The minimum absolute atomic E-state index is 0.0231. The predicted molar refractivity (Wildman–Crippen MR) is 158 cm³/mol. The second-order valence-electron chi connectivity index (χ2n) is 7.97. The summed E-state index contributed by atoms with van der Waals surface area (Å²) in [7, 11) is 0. The van der Waals surface area contributed by atoms with Crippen molar-refractivity contribution in [3.8, 4) is 12.1 Å². The number of rotatable bonds is 4. The van der Waals surface area contributed by atoms with Gasteiger partial charge in [-0.3, -0.25) is 4.79 Å². The van der Waals surface area contributed by atoms with Crippen molar-refractivity contribution >= 4 is 74.6 Å². The number of halogens is 4. The normalized spacial score (nSPS) is 11.5. The standard InChI is InChI=1S/C12H6Cl2N6.C7H4Cl2N4O.C6H8N2/c13-11-18-10(19-12(14)20-11)6(5-15)9-16-7-3-1-2-4-8(7)17-9;1-3(14)4(2-10)5-11-6(8)13-7(9)12-5;7-5-3-1-2-4-6(5)8/h1-4,6H,(H,16,17);4H,1H3;1-4H,7-8H2. The number of nitrogens with zero attached hydrogens (tertiary/aromatic N) is 9. The summed E-state index contributed by atoms with van der Waals surface area (Å²) in [4.78, 5) is 40.7. The second kappa shape index (κ2) is 14.8. The number of carbonyl (C=O) groups is 1. The van der Waals surface area contributed by atoms with Crippen LogP contribution in [0.3, 0.4) is 0 Å². The number of nitrogens with two attached hydrogens (primary N) is 2. The van der Waals surface area contributed by atoms with E-state index in [1.54, 1.807) is 18.2 Å². The highest BCUT2D eigenvalue weighted by molar-refractivity contribution is 6.31. The Morgan fingerprint density at radius 1 is 0.738 bits per heavy atom. The van der Waals surface area contributed by atoms with Crippen LogP contribution >= 0.6 is 46.4 Å². The highest BCUT2D eigenvalue weighted by atomic mass is 35.5. The molecule has 0 radical (unpaired) electrons. The van der Waals surface area contributed by atoms with Gasteiger partial charge in [-0.05, 0) is 77.6 Å². The summed E-state index contributed by atoms with van der Waals surface area (Å²) in [5, 5.41) is 17.6. The minimum atomic E-state index is -1.05. The summed E-state index contributed by atoms with van der Waals surface area (Å²) < 4.78 is 0. The zero-order chi connectivity index (χ0) is 30.8. The maximum absolute atomic E-state index is 11.0. The van der Waals surface area contributed by atoms with Crippen LogP contribution in [-0.2, 0) is 4.79 Å². The van der Waals surface area contributed by atoms with Crippen molar-refractivity contribution in [3.05, 3.63) is 87.1 Å². The number of anilines is 2. The molecule has 5 aromatic rings. The van der Waals surface area contributed by atoms with Crippen LogP contribution in [0.4, 0.5) is 11.4 Å². The van der Waals surface area contributed by atoms with Gasteiger partial charge in [-0.25, -0.2) is 24.9 Å². The number of aromatic nitrogens is 8. The summed E-state index contributed by atoms with van der Waals surface area (Å²) in [5.74, 6) is -1.63. The third-order valence-corrected chi connectivity index (χ3v) is 5.73. The monoisotopic (exact) mass is 642 g/mol. The summed E-state index contributed by atoms with van der Waals surface area (Å²) in [6.45, 7) is 1.26. The van der Waals surface area contributed by atoms with E-state index in [0.717, 1.165) is 11.0 Å². The number of Topliss-reactive ketones (excluding diaryl/α,β-unsaturated/α-hetero) is 1. The Bertz CT molecular complexity index is 1710. The first-order chi connectivity index (χ1) is 20.0. The number of nitrogens with one attached hydrogen (secondary N) is 1. The molecule has 0 amide bonds. The van der Waals surface area contributed by atoms with Crippen LogP contribution in [-0.4, -0.2) is 45.7 Å². The predicted octanol–water partition coefficient (Wildman–Crippen LogP) is 4.94. The maximum atomic E-state index is 11.0. The zero-order valence-electron chi connectivity index (χ0n) is 21.4. The number of ketones is 1. The van der Waals surface area contributed by atoms with Crippen LogP contribution in [0.25, 0.3) is 11.0 Å². The van der Waals surface area contributed by atoms with Gasteiger partial charge in [0.1, 0.15) is 5.82 Å². The van der Waals surface area contributed by atoms with E-state index in [1.165, 1.54) is 6.92 Å². The molecule has 5 N–H and O–H groups in total. The summed E-state index contributed by atoms with van der Waals surface area (Å²) in [6, 6.07) is 18.5. The molecule has 0 aliphatic carbocycles. The number of benzene rings is 2. The van der Waals surface area contributed by atoms with Gasteiger partial charge in [0.2, 0.25) is 21.1 Å². The van der Waals surface area contributed by atoms with Crippen LogP contribution < -0.4 is 11.5 Å². The molecule has 3 heterocycles. The van der Waals surface area contributed by atoms with Crippen LogP contribution in [0.15, 0.2) is 48.5 Å². The molecule has 2 unspecified atom stereocenters. The van der Waals surface area contributed by atoms with E-state index in [2.05, 4.69) is 45.9 Å². The lowest BCUT2D eigenvalue weighted by atomic mass is 10.1. The smallest absolute Gasteiger partial charge is 0.226 e. The van der Waals surface area contributed by atoms with E-state index in [-0.39, 0.29) is 38.6 Å². The van der Waals surface area contributed by atoms with Gasteiger partial charge in [0.25, 0.3) is 0 Å². The summed E-state index contributed by atoms with van der Waals surface area (Å²) >= 11 is 22.4. The molecular formula is C25H18Cl4N12O. The van der Waals surface area contributed by atoms with Gasteiger partial charge < -0.3 is 16.5 Å². The number of carbonyl (C=O) groups excluding carboxylic acids is 1. The van der Waals surface area contributed by atoms with Gasteiger partial charge in [0.05, 0.1) is 34.5 Å². The van der Waals surface area contributed by atoms with Crippen molar-refractivity contribution in [3.63, 3.8) is 0 Å². The maximum Gasteiger partial charge on any atom is 0.226 e. The summed E-state index contributed by atoms with van der Waals surface area (Å²) in [6.07, 6.45) is 0. The lowest BCUT2D eigenvalue weighted by Crippen LogP contribution is -2.11. The minimum Gasteiger partial charge on any atom is -0.397 e. The van der Waals surface area contributed by atoms with Crippen molar-refractivity contribution in [2.45, 2.75) is 18.8 Å². The molecule has 212 valence electrons. The van der Waals surface area contributed by atoms with E-state index in [1.807, 2.05) is 36.4 Å². The number of nitrogen functional groups attached to an aromatic ring is 2. The van der Waals surface area contributed by atoms with Crippen molar-refractivity contribution in [2.75, 3.05) is 11.5 Å². The number of fused-ring (bicyclic) bond motifs is 1. The van der Waals surface area contributed by atoms with Gasteiger partial charge in [-0.15, -0.1) is 0 Å². The number of aromatic amines is 1. The van der Waals surface area contributed by atoms with E-state index >= 15 is 0 Å². The summed E-state index contributed by atoms with van der Waals surface area (Å²) in [5.41, 5.74) is 13.7. The Kier molecular flexibility index (Phi) is 11.2. The highest BCUT2D eigenvalue weighted by Gasteiger charge is 2.22. The molecule has 2 aromatic carbocycles. The van der Waals surface area contributed by atoms with Gasteiger partial charge in [-0.1, -0.05) is 24.3 Å². The molecule has 0 saturated carbocycles. The van der Waals surface area contributed by atoms with Crippen LogP contribution in [0, 0.1) is 22.7 Å². The van der Waals surface area contributed by atoms with E-state index in [4.69, 9.17) is 63.1 Å². The third kappa shape index (κ3) is 8.67. The van der Waals surface area contributed by atoms with Crippen LogP contribution in [0.5, 0.6) is 0 Å². The number of nitriles is 2. The van der Waals surface area contributed by atoms with Gasteiger partial charge in [0, 0.05) is 0 Å². The fourth-order valence-corrected chi connectivity index (χ4v) is 3.88. The van der Waals surface area contributed by atoms with E-state index in [0.29, 0.717) is 17.2 Å². The number of hydrogen-bond donors (Lipinski definition) is 3. The zero-order valence-corrected chi connectivity index (χ0v) is 24.4. The third-order valence-electron chi connectivity index (χ3n) is 5.05. The first-order valence-electron chi connectivity index (χ1n) is 11.5. The van der Waals surface area contributed by atoms with Gasteiger partial charge in [0.15, 0.2) is 29.3 Å². The molecule has 0 bridgehead atoms. The molecule has 0 saturated heterocycles. The Labute approximate surface area is 258 Å². The molecule has 42 heavy (non-hydrogen) atoms. The van der Waals surface area contributed by atoms with E-state index < -0.39 is 11.8 Å². The molecule has 0 fully saturated rings. The molecule has 2 atom stereocenters. The molecule has 0 aliphatic rings. The second-order valence-corrected chi connectivity index (χ2v) is 9.32. The Hall–Kier alpha value is -4.66. The SMILES string of the molecule is CC(=O)C(C#N)c1nc(Cl)nc(Cl)n1.N#CC(c1nc(Cl)nc(Cl)n1)c1nc2ccccc2[nH]1.Nc1ccccc1N. The quantitative estimate of drug-likeness (QED) is 0.221. The number of hydrogen-bond acceptors (Lipinski definition) is 12. The molecular weight excluding hydrogens is 626 g/mol. The number of para-hydroxylation sites is 4. The Morgan fingerprint density at radius 2 is 1.21 bits per heavy atom. The van der Waals surface area contributed by atoms with Crippen molar-refractivity contribution in [1.82, 2.24) is 39.9 Å². The van der Waals surface area contributed by atoms with Crippen molar-refractivity contribution in [2.24, 2.45) is 0 Å². The molecule has 0 aliphatic heterocycles. The van der Waals surface area contributed by atoms with Crippen molar-refractivity contribution in [1.29, 1.82) is 10.5 Å². The van der Waals surface area contributed by atoms with Gasteiger partial charge in [-0.2, -0.15) is 20.5 Å². The molecule has 17 heteroatoms. The number of H-pyrrole nitrogens is 1. The first-order valence-corrected chi connectivity index (χ1v) is 13.0. The Morgan fingerprint density at radius 3 is 1.64 bits per heavy atom. The largest absolute Gasteiger partial charge is 0.397 e. The fraction of sp³-hybridized carbons (Fsp3) is 0.120. The van der Waals surface area contributed by atoms with Crippen LogP contribution in [0.2, 0.25) is 21.1 Å².